The van der Waals surface area contributed by atoms with Crippen LogP contribution >= 0.6 is 12.4 Å². The minimum absolute atomic E-state index is 0. The molecule has 0 aromatic carbocycles. The first kappa shape index (κ1) is 18.4. The van der Waals surface area contributed by atoms with Crippen LogP contribution < -0.4 is 10.6 Å². The van der Waals surface area contributed by atoms with Crippen LogP contribution in [-0.2, 0) is 6.42 Å². The van der Waals surface area contributed by atoms with Crippen LogP contribution in [0.1, 0.15) is 42.4 Å². The largest absolute Gasteiger partial charge is 0.350 e. The Morgan fingerprint density at radius 2 is 2.32 bits per heavy atom. The highest BCUT2D eigenvalue weighted by Gasteiger charge is 2.28. The van der Waals surface area contributed by atoms with Gasteiger partial charge in [-0.25, -0.2) is 0 Å². The molecule has 1 aliphatic rings. The zero-order chi connectivity index (χ0) is 15.2. The first-order valence-electron chi connectivity index (χ1n) is 7.34. The fourth-order valence-corrected chi connectivity index (χ4v) is 2.59. The van der Waals surface area contributed by atoms with Crippen LogP contribution in [0.4, 0.5) is 5.69 Å². The van der Waals surface area contributed by atoms with Crippen molar-refractivity contribution in [3.63, 3.8) is 0 Å². The molecule has 1 aliphatic heterocycles. The van der Waals surface area contributed by atoms with Gasteiger partial charge in [-0.3, -0.25) is 20.0 Å². The van der Waals surface area contributed by atoms with E-state index in [1.54, 1.807) is 0 Å². The molecule has 1 unspecified atom stereocenters. The number of rotatable bonds is 7. The summed E-state index contributed by atoms with van der Waals surface area (Å²) in [5.74, 6) is 0.0846. The highest BCUT2D eigenvalue weighted by Crippen LogP contribution is 2.22. The quantitative estimate of drug-likeness (QED) is 0.516. The van der Waals surface area contributed by atoms with E-state index in [0.29, 0.717) is 24.6 Å². The van der Waals surface area contributed by atoms with E-state index in [2.05, 4.69) is 20.8 Å². The van der Waals surface area contributed by atoms with Gasteiger partial charge in [0.05, 0.1) is 4.92 Å². The van der Waals surface area contributed by atoms with Crippen molar-refractivity contribution in [2.75, 3.05) is 19.6 Å². The van der Waals surface area contributed by atoms with Crippen molar-refractivity contribution in [2.45, 2.75) is 32.6 Å². The average molecular weight is 332 g/mol. The van der Waals surface area contributed by atoms with Gasteiger partial charge in [0.2, 0.25) is 5.69 Å². The molecule has 22 heavy (non-hydrogen) atoms. The number of aryl methyl sites for hydroxylation is 1. The van der Waals surface area contributed by atoms with Gasteiger partial charge in [0.25, 0.3) is 5.91 Å². The molecule has 1 saturated heterocycles. The van der Waals surface area contributed by atoms with Gasteiger partial charge in [-0.1, -0.05) is 13.3 Å². The van der Waals surface area contributed by atoms with Crippen molar-refractivity contribution in [1.29, 1.82) is 0 Å². The van der Waals surface area contributed by atoms with Crippen molar-refractivity contribution >= 4 is 24.0 Å². The summed E-state index contributed by atoms with van der Waals surface area (Å²) < 4.78 is 0. The van der Waals surface area contributed by atoms with Gasteiger partial charge in [-0.2, -0.15) is 5.10 Å². The maximum absolute atomic E-state index is 12.0. The number of H-pyrrole nitrogens is 1. The Hall–Kier alpha value is -1.67. The van der Waals surface area contributed by atoms with E-state index >= 15 is 0 Å². The summed E-state index contributed by atoms with van der Waals surface area (Å²) in [5, 5.41) is 23.5. The van der Waals surface area contributed by atoms with E-state index < -0.39 is 10.8 Å². The molecule has 1 fully saturated rings. The van der Waals surface area contributed by atoms with Crippen LogP contribution in [0.3, 0.4) is 0 Å². The zero-order valence-electron chi connectivity index (χ0n) is 12.6. The smallest absolute Gasteiger partial charge is 0.322 e. The molecule has 3 N–H and O–H groups in total. The predicted molar refractivity (Wildman–Crippen MR) is 84.4 cm³/mol. The van der Waals surface area contributed by atoms with Crippen molar-refractivity contribution in [3.8, 4) is 0 Å². The Morgan fingerprint density at radius 1 is 1.55 bits per heavy atom. The van der Waals surface area contributed by atoms with Crippen LogP contribution in [0.2, 0.25) is 0 Å². The van der Waals surface area contributed by atoms with Crippen molar-refractivity contribution in [3.05, 3.63) is 21.5 Å². The van der Waals surface area contributed by atoms with Gasteiger partial charge in [-0.05, 0) is 38.3 Å². The summed E-state index contributed by atoms with van der Waals surface area (Å²) in [4.78, 5) is 22.6. The number of amides is 1. The molecular formula is C13H22ClN5O3. The third-order valence-electron chi connectivity index (χ3n) is 3.71. The number of hydrogen-bond donors (Lipinski definition) is 3. The summed E-state index contributed by atoms with van der Waals surface area (Å²) in [6.45, 7) is 4.42. The lowest BCUT2D eigenvalue weighted by Gasteiger charge is -2.08. The van der Waals surface area contributed by atoms with Gasteiger partial charge in [0.15, 0.2) is 0 Å². The molecule has 1 amide bonds. The van der Waals surface area contributed by atoms with Crippen molar-refractivity contribution in [2.24, 2.45) is 5.92 Å². The first-order chi connectivity index (χ1) is 10.1. The number of nitrogens with zero attached hydrogens (tertiary/aromatic N) is 2. The summed E-state index contributed by atoms with van der Waals surface area (Å²) in [5.41, 5.74) is 0.0949. The molecule has 0 aliphatic carbocycles. The highest BCUT2D eigenvalue weighted by molar-refractivity contribution is 5.96. The molecule has 9 heteroatoms. The lowest BCUT2D eigenvalue weighted by molar-refractivity contribution is -0.385. The second-order valence-electron chi connectivity index (χ2n) is 5.31. The van der Waals surface area contributed by atoms with E-state index in [9.17, 15) is 14.9 Å². The lowest BCUT2D eigenvalue weighted by atomic mass is 10.1. The van der Waals surface area contributed by atoms with Crippen LogP contribution in [-0.4, -0.2) is 40.7 Å². The molecule has 1 atom stereocenters. The van der Waals surface area contributed by atoms with Gasteiger partial charge < -0.3 is 10.6 Å². The molecule has 0 saturated carbocycles. The monoisotopic (exact) mass is 331 g/mol. The van der Waals surface area contributed by atoms with E-state index in [1.165, 1.54) is 0 Å². The number of carbonyl (C=O) groups excluding carboxylic acids is 1. The van der Waals surface area contributed by atoms with E-state index in [1.807, 2.05) is 6.92 Å². The molecule has 124 valence electrons. The number of carbonyl (C=O) groups is 1. The fraction of sp³-hybridized carbons (Fsp3) is 0.692. The SMILES string of the molecule is CCCc1[nH]nc(C(=O)NCCC2CCNC2)c1[N+](=O)[O-].Cl. The number of aromatic amines is 1. The van der Waals surface area contributed by atoms with Gasteiger partial charge in [0.1, 0.15) is 5.69 Å². The van der Waals surface area contributed by atoms with Crippen LogP contribution in [0.15, 0.2) is 0 Å². The Morgan fingerprint density at radius 3 is 2.91 bits per heavy atom. The van der Waals surface area contributed by atoms with Gasteiger partial charge in [0, 0.05) is 6.54 Å². The minimum atomic E-state index is -0.537. The highest BCUT2D eigenvalue weighted by atomic mass is 35.5. The number of nitro groups is 1. The van der Waals surface area contributed by atoms with E-state index in [4.69, 9.17) is 0 Å². The molecule has 0 spiro atoms. The molecule has 0 bridgehead atoms. The second kappa shape index (κ2) is 8.70. The summed E-state index contributed by atoms with van der Waals surface area (Å²) in [6, 6.07) is 0. The van der Waals surface area contributed by atoms with Crippen LogP contribution in [0, 0.1) is 16.0 Å². The Bertz CT molecular complexity index is 514. The molecule has 8 nitrogen and oxygen atoms in total. The Labute approximate surface area is 135 Å². The van der Waals surface area contributed by atoms with E-state index in [0.717, 1.165) is 32.4 Å². The van der Waals surface area contributed by atoms with Gasteiger partial charge in [-0.15, -0.1) is 12.4 Å². The van der Waals surface area contributed by atoms with Crippen molar-refractivity contribution < 1.29 is 9.72 Å². The molecule has 1 aromatic heterocycles. The summed E-state index contributed by atoms with van der Waals surface area (Å²) in [6.07, 6.45) is 3.24. The number of aromatic nitrogens is 2. The molecule has 0 radical (unpaired) electrons. The first-order valence-corrected chi connectivity index (χ1v) is 7.34. The minimum Gasteiger partial charge on any atom is -0.350 e. The lowest BCUT2D eigenvalue weighted by Crippen LogP contribution is -2.27. The average Bonchev–Trinajstić information content (AvgIpc) is 3.08. The zero-order valence-corrected chi connectivity index (χ0v) is 13.4. The third kappa shape index (κ3) is 4.41. The molecule has 2 heterocycles. The number of nitrogens with one attached hydrogen (secondary N) is 3. The summed E-state index contributed by atoms with van der Waals surface area (Å²) in [7, 11) is 0. The molecule has 1 aromatic rings. The topological polar surface area (TPSA) is 113 Å². The molecule has 2 rings (SSSR count). The van der Waals surface area contributed by atoms with Crippen molar-refractivity contribution in [1.82, 2.24) is 20.8 Å². The maximum atomic E-state index is 12.0. The number of hydrogen-bond acceptors (Lipinski definition) is 5. The fourth-order valence-electron chi connectivity index (χ4n) is 2.59. The van der Waals surface area contributed by atoms with E-state index in [-0.39, 0.29) is 23.8 Å². The van der Waals surface area contributed by atoms with Crippen LogP contribution in [0.25, 0.3) is 0 Å². The normalized spacial score (nSPS) is 17.0. The Kier molecular flexibility index (Phi) is 7.26. The summed E-state index contributed by atoms with van der Waals surface area (Å²) >= 11 is 0. The van der Waals surface area contributed by atoms with Gasteiger partial charge >= 0.3 is 5.69 Å². The van der Waals surface area contributed by atoms with Crippen LogP contribution in [0.5, 0.6) is 0 Å². The molecular weight excluding hydrogens is 310 g/mol. The Balaban J connectivity index is 0.00000242. The standard InChI is InChI=1S/C13H21N5O3.ClH/c1-2-3-10-12(18(20)21)11(17-16-10)13(19)15-7-5-9-4-6-14-8-9;/h9,14H,2-8H2,1H3,(H,15,19)(H,16,17);1H. The third-order valence-corrected chi connectivity index (χ3v) is 3.71. The second-order valence-corrected chi connectivity index (χ2v) is 5.31. The number of halogens is 1. The maximum Gasteiger partial charge on any atom is 0.322 e. The predicted octanol–water partition coefficient (Wildman–Crippen LogP) is 1.42.